The van der Waals surface area contributed by atoms with Gasteiger partial charge in [-0.25, -0.2) is 0 Å². The van der Waals surface area contributed by atoms with E-state index >= 15 is 0 Å². The highest BCUT2D eigenvalue weighted by Crippen LogP contribution is 2.35. The molecule has 2 N–H and O–H groups in total. The maximum absolute atomic E-state index is 12.2. The average Bonchev–Trinajstić information content (AvgIpc) is 2.45. The Morgan fingerprint density at radius 1 is 1.36 bits per heavy atom. The molecule has 1 atom stereocenters. The fourth-order valence-electron chi connectivity index (χ4n) is 2.76. The number of amides is 1. The molecule has 1 aromatic carbocycles. The summed E-state index contributed by atoms with van der Waals surface area (Å²) in [4.78, 5) is 12.2. The van der Waals surface area contributed by atoms with Crippen LogP contribution in [0.2, 0.25) is 10.0 Å². The number of piperidine rings is 1. The van der Waals surface area contributed by atoms with Crippen LogP contribution >= 0.6 is 35.6 Å². The third kappa shape index (κ3) is 4.76. The zero-order valence-electron chi connectivity index (χ0n) is 12.9. The summed E-state index contributed by atoms with van der Waals surface area (Å²) in [5.74, 6) is 0.176. The second-order valence-corrected chi connectivity index (χ2v) is 7.06. The van der Waals surface area contributed by atoms with Crippen LogP contribution in [0, 0.1) is 5.92 Å². The van der Waals surface area contributed by atoms with E-state index in [1.165, 1.54) is 0 Å². The number of carbonyl (C=O) groups is 1. The smallest absolute Gasteiger partial charge is 0.224 e. The monoisotopic (exact) mass is 364 g/mol. The Morgan fingerprint density at radius 2 is 2.00 bits per heavy atom. The van der Waals surface area contributed by atoms with Crippen molar-refractivity contribution in [3.63, 3.8) is 0 Å². The van der Waals surface area contributed by atoms with Gasteiger partial charge in [0.1, 0.15) is 0 Å². The molecule has 0 aromatic heterocycles. The topological polar surface area (TPSA) is 41.1 Å². The Hall–Kier alpha value is -0.480. The zero-order valence-corrected chi connectivity index (χ0v) is 15.2. The van der Waals surface area contributed by atoms with Gasteiger partial charge in [0, 0.05) is 28.5 Å². The van der Waals surface area contributed by atoms with Crippen molar-refractivity contribution in [2.45, 2.75) is 32.1 Å². The SMILES string of the molecule is CC(C)(CNC(=O)C1CCCNC1)c1c(Cl)cccc1Cl.Cl. The van der Waals surface area contributed by atoms with Crippen LogP contribution in [0.1, 0.15) is 32.3 Å². The third-order valence-electron chi connectivity index (χ3n) is 4.01. The largest absolute Gasteiger partial charge is 0.355 e. The van der Waals surface area contributed by atoms with Gasteiger partial charge in [-0.3, -0.25) is 4.79 Å². The van der Waals surface area contributed by atoms with E-state index in [1.54, 1.807) is 0 Å². The van der Waals surface area contributed by atoms with Gasteiger partial charge in [0.25, 0.3) is 0 Å². The van der Waals surface area contributed by atoms with Crippen LogP contribution in [0.3, 0.4) is 0 Å². The number of carbonyl (C=O) groups excluding carboxylic acids is 1. The maximum Gasteiger partial charge on any atom is 0.224 e. The molecule has 1 saturated heterocycles. The molecule has 1 heterocycles. The minimum atomic E-state index is -0.312. The van der Waals surface area contributed by atoms with Crippen LogP contribution in [0.4, 0.5) is 0 Å². The first-order valence-corrected chi connectivity index (χ1v) is 8.10. The van der Waals surface area contributed by atoms with Crippen LogP contribution in [0.15, 0.2) is 18.2 Å². The van der Waals surface area contributed by atoms with Gasteiger partial charge in [0.15, 0.2) is 0 Å². The normalized spacial score (nSPS) is 18.5. The fourth-order valence-corrected chi connectivity index (χ4v) is 3.67. The minimum absolute atomic E-state index is 0. The van der Waals surface area contributed by atoms with Crippen molar-refractivity contribution in [1.82, 2.24) is 10.6 Å². The van der Waals surface area contributed by atoms with Crippen LogP contribution in [-0.2, 0) is 10.2 Å². The van der Waals surface area contributed by atoms with E-state index in [4.69, 9.17) is 23.2 Å². The van der Waals surface area contributed by atoms with E-state index < -0.39 is 0 Å². The molecular weight excluding hydrogens is 343 g/mol. The highest BCUT2D eigenvalue weighted by molar-refractivity contribution is 6.36. The Morgan fingerprint density at radius 3 is 2.55 bits per heavy atom. The molecule has 0 spiro atoms. The molecule has 0 bridgehead atoms. The number of hydrogen-bond acceptors (Lipinski definition) is 2. The van der Waals surface area contributed by atoms with E-state index in [0.29, 0.717) is 16.6 Å². The first kappa shape index (κ1) is 19.6. The Balaban J connectivity index is 0.00000242. The van der Waals surface area contributed by atoms with Gasteiger partial charge in [-0.05, 0) is 37.1 Å². The molecule has 0 aliphatic carbocycles. The highest BCUT2D eigenvalue weighted by atomic mass is 35.5. The van der Waals surface area contributed by atoms with E-state index in [-0.39, 0.29) is 29.6 Å². The van der Waals surface area contributed by atoms with Crippen LogP contribution in [-0.4, -0.2) is 25.5 Å². The van der Waals surface area contributed by atoms with Gasteiger partial charge in [-0.2, -0.15) is 0 Å². The molecule has 6 heteroatoms. The minimum Gasteiger partial charge on any atom is -0.355 e. The van der Waals surface area contributed by atoms with Crippen molar-refractivity contribution >= 4 is 41.5 Å². The number of hydrogen-bond donors (Lipinski definition) is 2. The number of rotatable bonds is 4. The molecule has 1 fully saturated rings. The van der Waals surface area contributed by atoms with Crippen molar-refractivity contribution in [3.8, 4) is 0 Å². The van der Waals surface area contributed by atoms with Crippen molar-refractivity contribution < 1.29 is 4.79 Å². The summed E-state index contributed by atoms with van der Waals surface area (Å²) in [6, 6.07) is 5.49. The lowest BCUT2D eigenvalue weighted by atomic mass is 9.84. The lowest BCUT2D eigenvalue weighted by Gasteiger charge is -2.29. The Labute approximate surface area is 148 Å². The molecule has 124 valence electrons. The molecular formula is C16H23Cl3N2O. The van der Waals surface area contributed by atoms with Gasteiger partial charge in [-0.1, -0.05) is 43.1 Å². The Bertz CT molecular complexity index is 494. The molecule has 1 aliphatic heterocycles. The van der Waals surface area contributed by atoms with Gasteiger partial charge in [0.2, 0.25) is 5.91 Å². The molecule has 3 nitrogen and oxygen atoms in total. The maximum atomic E-state index is 12.2. The first-order chi connectivity index (χ1) is 9.92. The number of benzene rings is 1. The molecule has 1 unspecified atom stereocenters. The van der Waals surface area contributed by atoms with Crippen molar-refractivity contribution in [1.29, 1.82) is 0 Å². The lowest BCUT2D eigenvalue weighted by Crippen LogP contribution is -2.44. The van der Waals surface area contributed by atoms with E-state index in [9.17, 15) is 4.79 Å². The van der Waals surface area contributed by atoms with Gasteiger partial charge < -0.3 is 10.6 Å². The molecule has 1 aromatic rings. The summed E-state index contributed by atoms with van der Waals surface area (Å²) in [5, 5.41) is 7.59. The summed E-state index contributed by atoms with van der Waals surface area (Å²) in [7, 11) is 0. The summed E-state index contributed by atoms with van der Waals surface area (Å²) in [6.45, 7) is 6.37. The van der Waals surface area contributed by atoms with Crippen LogP contribution in [0.5, 0.6) is 0 Å². The van der Waals surface area contributed by atoms with Crippen molar-refractivity contribution in [3.05, 3.63) is 33.8 Å². The van der Waals surface area contributed by atoms with Gasteiger partial charge >= 0.3 is 0 Å². The summed E-state index contributed by atoms with van der Waals surface area (Å²) < 4.78 is 0. The molecule has 1 aliphatic rings. The van der Waals surface area contributed by atoms with Crippen LogP contribution in [0.25, 0.3) is 0 Å². The molecule has 1 amide bonds. The Kier molecular flexibility index (Phi) is 7.47. The lowest BCUT2D eigenvalue weighted by molar-refractivity contribution is -0.125. The second-order valence-electron chi connectivity index (χ2n) is 6.24. The predicted octanol–water partition coefficient (Wildman–Crippen LogP) is 3.81. The van der Waals surface area contributed by atoms with E-state index in [0.717, 1.165) is 31.5 Å². The van der Waals surface area contributed by atoms with Crippen LogP contribution < -0.4 is 10.6 Å². The van der Waals surface area contributed by atoms with Gasteiger partial charge in [-0.15, -0.1) is 12.4 Å². The van der Waals surface area contributed by atoms with Gasteiger partial charge in [0.05, 0.1) is 5.92 Å². The van der Waals surface area contributed by atoms with Crippen molar-refractivity contribution in [2.24, 2.45) is 5.92 Å². The zero-order chi connectivity index (χ0) is 15.5. The fraction of sp³-hybridized carbons (Fsp3) is 0.562. The highest BCUT2D eigenvalue weighted by Gasteiger charge is 2.28. The summed E-state index contributed by atoms with van der Waals surface area (Å²) in [5.41, 5.74) is 0.572. The predicted molar refractivity (Wildman–Crippen MR) is 95.3 cm³/mol. The molecule has 22 heavy (non-hydrogen) atoms. The average molecular weight is 366 g/mol. The van der Waals surface area contributed by atoms with E-state index in [2.05, 4.69) is 10.6 Å². The first-order valence-electron chi connectivity index (χ1n) is 7.35. The summed E-state index contributed by atoms with van der Waals surface area (Å²) in [6.07, 6.45) is 2.00. The second kappa shape index (κ2) is 8.39. The van der Waals surface area contributed by atoms with E-state index in [1.807, 2.05) is 32.0 Å². The van der Waals surface area contributed by atoms with Crippen molar-refractivity contribution in [2.75, 3.05) is 19.6 Å². The number of nitrogens with one attached hydrogen (secondary N) is 2. The third-order valence-corrected chi connectivity index (χ3v) is 4.64. The standard InChI is InChI=1S/C16H22Cl2N2O.ClH/c1-16(2,14-12(17)6-3-7-13(14)18)10-20-15(21)11-5-4-8-19-9-11;/h3,6-7,11,19H,4-5,8-10H2,1-2H3,(H,20,21);1H. The number of halogens is 3. The molecule has 2 rings (SSSR count). The summed E-state index contributed by atoms with van der Waals surface area (Å²) >= 11 is 12.5. The molecule has 0 radical (unpaired) electrons. The quantitative estimate of drug-likeness (QED) is 0.852. The molecule has 0 saturated carbocycles.